The van der Waals surface area contributed by atoms with E-state index in [-0.39, 0.29) is 41.0 Å². The number of ether oxygens (including phenoxy) is 2. The molecule has 0 spiro atoms. The Morgan fingerprint density at radius 3 is 2.61 bits per heavy atom. The fourth-order valence-corrected chi connectivity index (χ4v) is 7.07. The van der Waals surface area contributed by atoms with Gasteiger partial charge in [-0.05, 0) is 77.5 Å². The van der Waals surface area contributed by atoms with E-state index < -0.39 is 16.8 Å². The third kappa shape index (κ3) is 5.54. The molecule has 0 aromatic heterocycles. The number of non-ortho nitro benzene ring substituents is 1. The van der Waals surface area contributed by atoms with Gasteiger partial charge in [0.15, 0.2) is 0 Å². The number of hydrogen-bond donors (Lipinski definition) is 1. The minimum atomic E-state index is -0.609. The molecule has 0 radical (unpaired) electrons. The van der Waals surface area contributed by atoms with E-state index in [2.05, 4.69) is 0 Å². The molecule has 44 heavy (non-hydrogen) atoms. The lowest BCUT2D eigenvalue weighted by Crippen LogP contribution is -2.35. The second-order valence-corrected chi connectivity index (χ2v) is 11.7. The highest BCUT2D eigenvalue weighted by molar-refractivity contribution is 6.32. The highest BCUT2D eigenvalue weighted by Crippen LogP contribution is 2.51. The molecule has 6 rings (SSSR count). The predicted octanol–water partition coefficient (Wildman–Crippen LogP) is 6.44. The van der Waals surface area contributed by atoms with Gasteiger partial charge in [-0.1, -0.05) is 48.0 Å². The molecule has 2 heterocycles. The number of phenolic OH excluding ortho intramolecular Hbond substituents is 1. The second kappa shape index (κ2) is 12.4. The van der Waals surface area contributed by atoms with Crippen LogP contribution in [0.25, 0.3) is 11.6 Å². The molecule has 3 aliphatic rings. The summed E-state index contributed by atoms with van der Waals surface area (Å²) in [6.45, 7) is 0.613. The van der Waals surface area contributed by atoms with Gasteiger partial charge in [0, 0.05) is 25.2 Å². The molecule has 0 bridgehead atoms. The number of phenols is 1. The summed E-state index contributed by atoms with van der Waals surface area (Å²) in [4.78, 5) is 39.4. The second-order valence-electron chi connectivity index (χ2n) is 11.3. The van der Waals surface area contributed by atoms with E-state index in [1.54, 1.807) is 25.3 Å². The van der Waals surface area contributed by atoms with Gasteiger partial charge in [0.25, 0.3) is 5.69 Å². The van der Waals surface area contributed by atoms with Gasteiger partial charge in [0.1, 0.15) is 5.75 Å². The smallest absolute Gasteiger partial charge is 0.271 e. The molecule has 4 atom stereocenters. The molecule has 10 heteroatoms. The SMILES string of the molecule is COCC1=C2[C@@H](CC/C(=C/c3ccc(O)cc3Cl)c3ccccc3)OC[C@@H]2[C@@H]2C(=O)N(c3cccc([N+](=O)[O-])c3)C(=O)[C@@H]2C1. The minimum Gasteiger partial charge on any atom is -0.508 e. The maximum atomic E-state index is 13.8. The Labute approximate surface area is 259 Å². The van der Waals surface area contributed by atoms with Crippen LogP contribution in [0.4, 0.5) is 11.4 Å². The summed E-state index contributed by atoms with van der Waals surface area (Å²) >= 11 is 6.44. The van der Waals surface area contributed by atoms with Crippen LogP contribution < -0.4 is 4.90 Å². The van der Waals surface area contributed by atoms with E-state index in [1.165, 1.54) is 24.3 Å². The van der Waals surface area contributed by atoms with Crippen molar-refractivity contribution in [2.45, 2.75) is 25.4 Å². The minimum absolute atomic E-state index is 0.0935. The zero-order valence-electron chi connectivity index (χ0n) is 24.0. The molecule has 0 saturated carbocycles. The summed E-state index contributed by atoms with van der Waals surface area (Å²) in [5.41, 5.74) is 4.86. The number of carbonyl (C=O) groups is 2. The van der Waals surface area contributed by atoms with Gasteiger partial charge < -0.3 is 14.6 Å². The van der Waals surface area contributed by atoms with Gasteiger partial charge >= 0.3 is 0 Å². The van der Waals surface area contributed by atoms with Crippen molar-refractivity contribution in [2.24, 2.45) is 17.8 Å². The summed E-state index contributed by atoms with van der Waals surface area (Å²) in [7, 11) is 1.61. The molecule has 9 nitrogen and oxygen atoms in total. The van der Waals surface area contributed by atoms with E-state index in [4.69, 9.17) is 21.1 Å². The van der Waals surface area contributed by atoms with Crippen molar-refractivity contribution in [3.05, 3.63) is 110 Å². The van der Waals surface area contributed by atoms with Crippen LogP contribution in [0.5, 0.6) is 5.75 Å². The number of benzene rings is 3. The van der Waals surface area contributed by atoms with Crippen LogP contribution in [0.2, 0.25) is 5.02 Å². The Morgan fingerprint density at radius 2 is 1.89 bits per heavy atom. The molecular formula is C34H31ClN2O7. The first-order valence-corrected chi connectivity index (χ1v) is 14.8. The number of rotatable bonds is 9. The number of fused-ring (bicyclic) bond motifs is 3. The number of allylic oxidation sites excluding steroid dienone is 1. The third-order valence-electron chi connectivity index (χ3n) is 8.76. The van der Waals surface area contributed by atoms with Crippen LogP contribution in [0.3, 0.4) is 0 Å². The molecule has 1 aliphatic carbocycles. The third-order valence-corrected chi connectivity index (χ3v) is 9.09. The fourth-order valence-electron chi connectivity index (χ4n) is 6.84. The number of carbonyl (C=O) groups excluding carboxylic acids is 2. The van der Waals surface area contributed by atoms with Crippen LogP contribution in [0, 0.1) is 27.9 Å². The Balaban J connectivity index is 1.29. The molecule has 2 aliphatic heterocycles. The van der Waals surface area contributed by atoms with E-state index >= 15 is 0 Å². The zero-order chi connectivity index (χ0) is 31.0. The molecular weight excluding hydrogens is 584 g/mol. The van der Waals surface area contributed by atoms with Crippen molar-refractivity contribution in [1.82, 2.24) is 0 Å². The summed E-state index contributed by atoms with van der Waals surface area (Å²) in [5, 5.41) is 21.6. The van der Waals surface area contributed by atoms with Crippen LogP contribution in [-0.2, 0) is 19.1 Å². The highest BCUT2D eigenvalue weighted by Gasteiger charge is 2.57. The van der Waals surface area contributed by atoms with Gasteiger partial charge in [-0.25, -0.2) is 4.90 Å². The van der Waals surface area contributed by atoms with Crippen LogP contribution in [0.15, 0.2) is 83.9 Å². The largest absolute Gasteiger partial charge is 0.508 e. The quantitative estimate of drug-likeness (QED) is 0.0968. The lowest BCUT2D eigenvalue weighted by Gasteiger charge is -2.31. The van der Waals surface area contributed by atoms with Crippen LogP contribution >= 0.6 is 11.6 Å². The van der Waals surface area contributed by atoms with Crippen molar-refractivity contribution < 1.29 is 29.1 Å². The standard InChI is InChI=1S/C34H31ClN2O7/c1-43-18-23-15-27-32(34(40)36(33(27)39)24-8-5-9-25(16-24)37(41)42)28-19-44-30(31(23)28)13-11-21(20-6-3-2-4-7-20)14-22-10-12-26(38)17-29(22)35/h2-10,12,14,16-17,27-28,30,32,38H,11,13,15,18-19H2,1H3/b21-14-/t27-,28+,30-,32-/m1/s1. The molecule has 3 aromatic rings. The number of methoxy groups -OCH3 is 1. The summed E-state index contributed by atoms with van der Waals surface area (Å²) < 4.78 is 11.9. The Kier molecular flexibility index (Phi) is 8.35. The molecule has 2 fully saturated rings. The Hall–Kier alpha value is -4.31. The number of imide groups is 1. The summed E-state index contributed by atoms with van der Waals surface area (Å²) in [6, 6.07) is 20.5. The highest BCUT2D eigenvalue weighted by atomic mass is 35.5. The maximum absolute atomic E-state index is 13.8. The Morgan fingerprint density at radius 1 is 1.09 bits per heavy atom. The lowest BCUT2D eigenvalue weighted by atomic mass is 9.69. The first kappa shape index (κ1) is 29.7. The van der Waals surface area contributed by atoms with E-state index in [0.29, 0.717) is 37.5 Å². The van der Waals surface area contributed by atoms with Gasteiger partial charge in [-0.3, -0.25) is 19.7 Å². The van der Waals surface area contributed by atoms with E-state index in [9.17, 15) is 24.8 Å². The first-order chi connectivity index (χ1) is 21.3. The van der Waals surface area contributed by atoms with Gasteiger partial charge in [0.05, 0.1) is 46.8 Å². The van der Waals surface area contributed by atoms with Gasteiger partial charge in [-0.15, -0.1) is 0 Å². The normalized spacial score (nSPS) is 23.2. The number of anilines is 1. The molecule has 2 saturated heterocycles. The van der Waals surface area contributed by atoms with Crippen molar-refractivity contribution in [3.63, 3.8) is 0 Å². The number of nitrogens with zero attached hydrogens (tertiary/aromatic N) is 2. The summed E-state index contributed by atoms with van der Waals surface area (Å²) in [5.74, 6) is -2.09. The van der Waals surface area contributed by atoms with Crippen molar-refractivity contribution in [1.29, 1.82) is 0 Å². The molecule has 2 amide bonds. The number of nitro groups is 1. The van der Waals surface area contributed by atoms with Crippen molar-refractivity contribution in [2.75, 3.05) is 25.2 Å². The topological polar surface area (TPSA) is 119 Å². The molecule has 0 unspecified atom stereocenters. The number of halogens is 1. The fraction of sp³-hybridized carbons (Fsp3) is 0.294. The molecule has 226 valence electrons. The van der Waals surface area contributed by atoms with Crippen LogP contribution in [-0.4, -0.2) is 48.3 Å². The number of nitro benzene ring substituents is 1. The lowest BCUT2D eigenvalue weighted by molar-refractivity contribution is -0.384. The number of aromatic hydroxyl groups is 1. The summed E-state index contributed by atoms with van der Waals surface area (Å²) in [6.07, 6.45) is 3.38. The first-order valence-electron chi connectivity index (χ1n) is 14.5. The average Bonchev–Trinajstić information content (AvgIpc) is 3.55. The number of hydrogen-bond acceptors (Lipinski definition) is 7. The molecule has 1 N–H and O–H groups in total. The average molecular weight is 615 g/mol. The van der Waals surface area contributed by atoms with Crippen molar-refractivity contribution >= 4 is 46.4 Å². The maximum Gasteiger partial charge on any atom is 0.271 e. The monoisotopic (exact) mass is 614 g/mol. The van der Waals surface area contributed by atoms with Crippen LogP contribution in [0.1, 0.15) is 30.4 Å². The number of amides is 2. The van der Waals surface area contributed by atoms with E-state index in [1.807, 2.05) is 36.4 Å². The van der Waals surface area contributed by atoms with Crippen molar-refractivity contribution in [3.8, 4) is 5.75 Å². The van der Waals surface area contributed by atoms with Gasteiger partial charge in [-0.2, -0.15) is 0 Å². The van der Waals surface area contributed by atoms with E-state index in [0.717, 1.165) is 32.7 Å². The molecule has 3 aromatic carbocycles. The Bertz CT molecular complexity index is 1690. The zero-order valence-corrected chi connectivity index (χ0v) is 24.8. The predicted molar refractivity (Wildman–Crippen MR) is 166 cm³/mol. The van der Waals surface area contributed by atoms with Gasteiger partial charge in [0.2, 0.25) is 11.8 Å².